The number of hydrogen-bond donors (Lipinski definition) is 0. The average molecular weight is 306 g/mol. The van der Waals surface area contributed by atoms with Crippen LogP contribution in [0.3, 0.4) is 0 Å². The van der Waals surface area contributed by atoms with Crippen LogP contribution in [-0.4, -0.2) is 26.8 Å². The van der Waals surface area contributed by atoms with E-state index in [0.29, 0.717) is 18.1 Å². The third-order valence-electron chi connectivity index (χ3n) is 5.41. The van der Waals surface area contributed by atoms with Gasteiger partial charge >= 0.3 is 0 Å². The van der Waals surface area contributed by atoms with E-state index in [1.54, 1.807) is 0 Å². The zero-order valence-electron chi connectivity index (χ0n) is 13.5. The minimum absolute atomic E-state index is 0.554. The minimum Gasteiger partial charge on any atom is -0.293 e. The fraction of sp³-hybridized carbons (Fsp3) is 0.474. The highest BCUT2D eigenvalue weighted by molar-refractivity contribution is 5.31. The molecule has 4 nitrogen and oxygen atoms in total. The maximum Gasteiger partial charge on any atom is 0.0991 e. The molecule has 0 N–H and O–H groups in total. The van der Waals surface area contributed by atoms with E-state index in [1.165, 1.54) is 36.8 Å². The number of nitriles is 1. The van der Waals surface area contributed by atoms with Crippen LogP contribution in [0, 0.1) is 18.3 Å². The Morgan fingerprint density at radius 3 is 2.39 bits per heavy atom. The van der Waals surface area contributed by atoms with Crippen molar-refractivity contribution in [3.63, 3.8) is 0 Å². The maximum atomic E-state index is 8.91. The third-order valence-corrected chi connectivity index (χ3v) is 5.41. The molecule has 1 aromatic carbocycles. The summed E-state index contributed by atoms with van der Waals surface area (Å²) in [6.45, 7) is 3.12. The molecule has 2 aliphatic heterocycles. The molecule has 3 heterocycles. The van der Waals surface area contributed by atoms with Crippen molar-refractivity contribution in [2.45, 2.75) is 57.3 Å². The Morgan fingerprint density at radius 2 is 1.83 bits per heavy atom. The lowest BCUT2D eigenvalue weighted by atomic mass is 9.96. The van der Waals surface area contributed by atoms with Crippen LogP contribution in [0.15, 0.2) is 36.7 Å². The van der Waals surface area contributed by atoms with Gasteiger partial charge in [-0.25, -0.2) is 0 Å². The predicted molar refractivity (Wildman–Crippen MR) is 88.7 cm³/mol. The topological polar surface area (TPSA) is 44.9 Å². The van der Waals surface area contributed by atoms with Crippen molar-refractivity contribution < 1.29 is 0 Å². The van der Waals surface area contributed by atoms with Crippen molar-refractivity contribution in [3.05, 3.63) is 53.3 Å². The average Bonchev–Trinajstić information content (AvgIpc) is 3.09. The van der Waals surface area contributed by atoms with Gasteiger partial charge < -0.3 is 0 Å². The number of aryl methyl sites for hydroxylation is 1. The molecule has 0 radical (unpaired) electrons. The first-order valence-electron chi connectivity index (χ1n) is 8.48. The van der Waals surface area contributed by atoms with Gasteiger partial charge in [-0.15, -0.1) is 0 Å². The Hall–Kier alpha value is -2.12. The number of nitrogens with zero attached hydrogens (tertiary/aromatic N) is 4. The molecular formula is C19H22N4. The highest BCUT2D eigenvalue weighted by atomic mass is 15.3. The van der Waals surface area contributed by atoms with Gasteiger partial charge in [-0.3, -0.25) is 9.58 Å². The van der Waals surface area contributed by atoms with Gasteiger partial charge in [-0.1, -0.05) is 12.1 Å². The summed E-state index contributed by atoms with van der Waals surface area (Å²) in [6, 6.07) is 12.1. The standard InChI is InChI=1S/C19H22N4/c1-14-11-21-23(12-14)19-8-17-6-7-18(9-19)22(17)13-16-4-2-15(10-20)3-5-16/h2-5,11-12,17-19H,6-9,13H2,1H3. The summed E-state index contributed by atoms with van der Waals surface area (Å²) in [7, 11) is 0. The predicted octanol–water partition coefficient (Wildman–Crippen LogP) is 3.43. The van der Waals surface area contributed by atoms with E-state index in [2.05, 4.69) is 46.0 Å². The molecule has 1 aromatic heterocycles. The zero-order chi connectivity index (χ0) is 15.8. The number of hydrogen-bond acceptors (Lipinski definition) is 3. The summed E-state index contributed by atoms with van der Waals surface area (Å²) < 4.78 is 2.18. The Morgan fingerprint density at radius 1 is 1.13 bits per heavy atom. The van der Waals surface area contributed by atoms with E-state index in [0.717, 1.165) is 12.1 Å². The SMILES string of the molecule is Cc1cnn(C2CC3CCC(C2)N3Cc2ccc(C#N)cc2)c1. The molecule has 2 aromatic rings. The summed E-state index contributed by atoms with van der Waals surface area (Å²) in [4.78, 5) is 2.67. The second kappa shape index (κ2) is 5.82. The fourth-order valence-corrected chi connectivity index (χ4v) is 4.25. The maximum absolute atomic E-state index is 8.91. The van der Waals surface area contributed by atoms with E-state index in [1.807, 2.05) is 18.3 Å². The van der Waals surface area contributed by atoms with Gasteiger partial charge in [0.15, 0.2) is 0 Å². The van der Waals surface area contributed by atoms with Crippen molar-refractivity contribution in [3.8, 4) is 6.07 Å². The van der Waals surface area contributed by atoms with Gasteiger partial charge in [-0.2, -0.15) is 10.4 Å². The molecule has 23 heavy (non-hydrogen) atoms. The molecule has 0 saturated carbocycles. The van der Waals surface area contributed by atoms with E-state index in [-0.39, 0.29) is 0 Å². The van der Waals surface area contributed by atoms with Crippen molar-refractivity contribution in [1.82, 2.24) is 14.7 Å². The first-order chi connectivity index (χ1) is 11.2. The lowest BCUT2D eigenvalue weighted by Gasteiger charge is -2.39. The quantitative estimate of drug-likeness (QED) is 0.872. The lowest BCUT2D eigenvalue weighted by molar-refractivity contribution is 0.0951. The molecule has 0 aliphatic carbocycles. The van der Waals surface area contributed by atoms with Crippen LogP contribution in [0.1, 0.15) is 48.4 Å². The molecule has 0 spiro atoms. The highest BCUT2D eigenvalue weighted by Crippen LogP contribution is 2.41. The van der Waals surface area contributed by atoms with Crippen molar-refractivity contribution in [1.29, 1.82) is 5.26 Å². The molecule has 2 unspecified atom stereocenters. The molecule has 0 amide bonds. The molecule has 2 aliphatic rings. The Kier molecular flexibility index (Phi) is 3.66. The second-order valence-corrected chi connectivity index (χ2v) is 6.99. The molecule has 2 atom stereocenters. The molecule has 4 heteroatoms. The van der Waals surface area contributed by atoms with Gasteiger partial charge in [0.05, 0.1) is 23.9 Å². The van der Waals surface area contributed by atoms with E-state index in [9.17, 15) is 0 Å². The molecule has 118 valence electrons. The summed E-state index contributed by atoms with van der Waals surface area (Å²) in [5, 5.41) is 13.4. The lowest BCUT2D eigenvalue weighted by Crippen LogP contribution is -2.42. The molecule has 2 fully saturated rings. The second-order valence-electron chi connectivity index (χ2n) is 6.99. The van der Waals surface area contributed by atoms with Crippen LogP contribution >= 0.6 is 0 Å². The van der Waals surface area contributed by atoms with E-state index < -0.39 is 0 Å². The van der Waals surface area contributed by atoms with Gasteiger partial charge in [-0.05, 0) is 55.9 Å². The van der Waals surface area contributed by atoms with Crippen LogP contribution in [0.2, 0.25) is 0 Å². The van der Waals surface area contributed by atoms with Gasteiger partial charge in [0.2, 0.25) is 0 Å². The number of piperidine rings is 1. The van der Waals surface area contributed by atoms with Gasteiger partial charge in [0, 0.05) is 24.8 Å². The van der Waals surface area contributed by atoms with E-state index >= 15 is 0 Å². The third kappa shape index (κ3) is 2.77. The van der Waals surface area contributed by atoms with Crippen LogP contribution in [0.4, 0.5) is 0 Å². The first kappa shape index (κ1) is 14.5. The summed E-state index contributed by atoms with van der Waals surface area (Å²) >= 11 is 0. The van der Waals surface area contributed by atoms with E-state index in [4.69, 9.17) is 5.26 Å². The largest absolute Gasteiger partial charge is 0.293 e. The number of rotatable bonds is 3. The Balaban J connectivity index is 1.47. The summed E-state index contributed by atoms with van der Waals surface area (Å²) in [5.74, 6) is 0. The summed E-state index contributed by atoms with van der Waals surface area (Å²) in [5.41, 5.74) is 3.30. The number of benzene rings is 1. The van der Waals surface area contributed by atoms with Crippen LogP contribution < -0.4 is 0 Å². The van der Waals surface area contributed by atoms with Crippen molar-refractivity contribution in [2.24, 2.45) is 0 Å². The first-order valence-corrected chi connectivity index (χ1v) is 8.48. The van der Waals surface area contributed by atoms with Gasteiger partial charge in [0.1, 0.15) is 0 Å². The fourth-order valence-electron chi connectivity index (χ4n) is 4.25. The molecule has 4 rings (SSSR count). The monoisotopic (exact) mass is 306 g/mol. The minimum atomic E-state index is 0.554. The number of fused-ring (bicyclic) bond motifs is 2. The van der Waals surface area contributed by atoms with Crippen molar-refractivity contribution in [2.75, 3.05) is 0 Å². The molecule has 2 bridgehead atoms. The van der Waals surface area contributed by atoms with Gasteiger partial charge in [0.25, 0.3) is 0 Å². The van der Waals surface area contributed by atoms with Crippen molar-refractivity contribution >= 4 is 0 Å². The Labute approximate surface area is 137 Å². The van der Waals surface area contributed by atoms with Crippen LogP contribution in [0.25, 0.3) is 0 Å². The Bertz CT molecular complexity index is 711. The number of aromatic nitrogens is 2. The molecule has 2 saturated heterocycles. The highest BCUT2D eigenvalue weighted by Gasteiger charge is 2.41. The summed E-state index contributed by atoms with van der Waals surface area (Å²) in [6.07, 6.45) is 9.16. The molecular weight excluding hydrogens is 284 g/mol. The smallest absolute Gasteiger partial charge is 0.0991 e. The van der Waals surface area contributed by atoms with Crippen LogP contribution in [0.5, 0.6) is 0 Å². The zero-order valence-corrected chi connectivity index (χ0v) is 13.5. The normalized spacial score (nSPS) is 27.0. The van der Waals surface area contributed by atoms with Crippen LogP contribution in [-0.2, 0) is 6.54 Å².